The van der Waals surface area contributed by atoms with Crippen LogP contribution in [-0.2, 0) is 24.9 Å². The van der Waals surface area contributed by atoms with Gasteiger partial charge in [-0.15, -0.1) is 0 Å². The Hall–Kier alpha value is -3.23. The molecule has 3 aromatic rings. The lowest BCUT2D eigenvalue weighted by molar-refractivity contribution is -0.132. The van der Waals surface area contributed by atoms with E-state index >= 15 is 0 Å². The van der Waals surface area contributed by atoms with E-state index in [2.05, 4.69) is 10.1 Å². The third-order valence-corrected chi connectivity index (χ3v) is 4.35. The second-order valence-electron chi connectivity index (χ2n) is 6.06. The fraction of sp³-hybridized carbons (Fsp3) is 0.333. The molecule has 1 amide bonds. The van der Waals surface area contributed by atoms with Crippen molar-refractivity contribution in [3.8, 4) is 5.75 Å². The van der Waals surface area contributed by atoms with Gasteiger partial charge in [0.15, 0.2) is 17.2 Å². The van der Waals surface area contributed by atoms with Crippen molar-refractivity contribution in [2.24, 2.45) is 7.05 Å². The number of hydrogen-bond donors (Lipinski definition) is 0. The zero-order valence-electron chi connectivity index (χ0n) is 15.3. The van der Waals surface area contributed by atoms with Crippen molar-refractivity contribution in [2.75, 3.05) is 13.7 Å². The van der Waals surface area contributed by atoms with Crippen molar-refractivity contribution >= 4 is 16.9 Å². The number of aromatic nitrogens is 4. The topological polar surface area (TPSA) is 82.2 Å². The van der Waals surface area contributed by atoms with Gasteiger partial charge in [-0.25, -0.2) is 9.37 Å². The second-order valence-corrected chi connectivity index (χ2v) is 6.06. The van der Waals surface area contributed by atoms with Gasteiger partial charge in [-0.1, -0.05) is 6.07 Å². The number of rotatable bonds is 6. The SMILES string of the molecule is CCN(Cc1ccc(OC)c(F)c1)C(=O)Cn1cnc2c(cnn2C)c1=O. The van der Waals surface area contributed by atoms with Crippen LogP contribution in [0.4, 0.5) is 4.39 Å². The summed E-state index contributed by atoms with van der Waals surface area (Å²) in [6, 6.07) is 4.56. The van der Waals surface area contributed by atoms with E-state index in [1.165, 1.54) is 41.0 Å². The summed E-state index contributed by atoms with van der Waals surface area (Å²) in [6.07, 6.45) is 2.77. The zero-order chi connectivity index (χ0) is 19.6. The fourth-order valence-electron chi connectivity index (χ4n) is 2.83. The molecule has 2 aromatic heterocycles. The first-order valence-corrected chi connectivity index (χ1v) is 8.42. The Morgan fingerprint density at radius 2 is 2.15 bits per heavy atom. The van der Waals surface area contributed by atoms with Crippen molar-refractivity contribution in [1.82, 2.24) is 24.2 Å². The molecule has 8 nitrogen and oxygen atoms in total. The van der Waals surface area contributed by atoms with E-state index in [0.717, 1.165) is 0 Å². The summed E-state index contributed by atoms with van der Waals surface area (Å²) < 4.78 is 21.5. The summed E-state index contributed by atoms with van der Waals surface area (Å²) in [6.45, 7) is 2.32. The molecule has 0 aliphatic heterocycles. The molecule has 0 N–H and O–H groups in total. The molecular weight excluding hydrogens is 353 g/mol. The zero-order valence-corrected chi connectivity index (χ0v) is 15.3. The Morgan fingerprint density at radius 3 is 2.81 bits per heavy atom. The minimum absolute atomic E-state index is 0.149. The van der Waals surface area contributed by atoms with Gasteiger partial charge in [0.25, 0.3) is 5.56 Å². The summed E-state index contributed by atoms with van der Waals surface area (Å²) in [5.41, 5.74) is 0.773. The average molecular weight is 373 g/mol. The van der Waals surface area contributed by atoms with Crippen LogP contribution in [0.25, 0.3) is 11.0 Å². The lowest BCUT2D eigenvalue weighted by Gasteiger charge is -2.21. The molecule has 0 bridgehead atoms. The first kappa shape index (κ1) is 18.6. The van der Waals surface area contributed by atoms with Crippen molar-refractivity contribution in [3.63, 3.8) is 0 Å². The summed E-state index contributed by atoms with van der Waals surface area (Å²) >= 11 is 0. The average Bonchev–Trinajstić information content (AvgIpc) is 3.03. The lowest BCUT2D eigenvalue weighted by atomic mass is 10.2. The third-order valence-electron chi connectivity index (χ3n) is 4.35. The van der Waals surface area contributed by atoms with Crippen LogP contribution in [-0.4, -0.2) is 43.8 Å². The number of methoxy groups -OCH3 is 1. The number of carbonyl (C=O) groups is 1. The molecule has 0 saturated carbocycles. The Labute approximate surface area is 154 Å². The van der Waals surface area contributed by atoms with Crippen LogP contribution >= 0.6 is 0 Å². The third kappa shape index (κ3) is 3.67. The Balaban J connectivity index is 1.78. The van der Waals surface area contributed by atoms with Crippen molar-refractivity contribution in [2.45, 2.75) is 20.0 Å². The molecule has 0 atom stereocenters. The van der Waals surface area contributed by atoms with Crippen LogP contribution in [0.1, 0.15) is 12.5 Å². The number of fused-ring (bicyclic) bond motifs is 1. The number of likely N-dealkylation sites (N-methyl/N-ethyl adjacent to an activating group) is 1. The van der Waals surface area contributed by atoms with Gasteiger partial charge in [-0.3, -0.25) is 18.8 Å². The number of ether oxygens (including phenoxy) is 1. The highest BCUT2D eigenvalue weighted by atomic mass is 19.1. The van der Waals surface area contributed by atoms with Gasteiger partial charge in [0.05, 0.1) is 13.3 Å². The molecule has 0 spiro atoms. The first-order chi connectivity index (χ1) is 12.9. The van der Waals surface area contributed by atoms with Gasteiger partial charge in [0.1, 0.15) is 18.3 Å². The van der Waals surface area contributed by atoms with Crippen molar-refractivity contribution in [3.05, 3.63) is 52.5 Å². The van der Waals surface area contributed by atoms with E-state index in [4.69, 9.17) is 4.74 Å². The molecule has 3 rings (SSSR count). The summed E-state index contributed by atoms with van der Waals surface area (Å²) in [7, 11) is 3.09. The number of hydrogen-bond acceptors (Lipinski definition) is 5. The van der Waals surface area contributed by atoms with Gasteiger partial charge < -0.3 is 9.64 Å². The Bertz CT molecular complexity index is 1040. The minimum Gasteiger partial charge on any atom is -0.494 e. The molecule has 0 saturated heterocycles. The maximum absolute atomic E-state index is 13.9. The van der Waals surface area contributed by atoms with Crippen LogP contribution in [0.5, 0.6) is 5.75 Å². The highest BCUT2D eigenvalue weighted by Gasteiger charge is 2.16. The molecular formula is C18H20FN5O3. The minimum atomic E-state index is -0.485. The van der Waals surface area contributed by atoms with Gasteiger partial charge >= 0.3 is 0 Å². The second kappa shape index (κ2) is 7.56. The summed E-state index contributed by atoms with van der Waals surface area (Å²) in [5, 5.41) is 4.36. The highest BCUT2D eigenvalue weighted by molar-refractivity contribution is 5.77. The predicted octanol–water partition coefficient (Wildman–Crippen LogP) is 1.33. The van der Waals surface area contributed by atoms with Gasteiger partial charge in [-0.2, -0.15) is 5.10 Å². The predicted molar refractivity (Wildman–Crippen MR) is 96.8 cm³/mol. The molecule has 0 aliphatic carbocycles. The summed E-state index contributed by atoms with van der Waals surface area (Å²) in [4.78, 5) is 30.9. The quantitative estimate of drug-likeness (QED) is 0.651. The molecule has 2 heterocycles. The molecule has 0 unspecified atom stereocenters. The maximum Gasteiger partial charge on any atom is 0.264 e. The van der Waals surface area contributed by atoms with Gasteiger partial charge in [-0.05, 0) is 24.6 Å². The molecule has 9 heteroatoms. The maximum atomic E-state index is 13.9. The summed E-state index contributed by atoms with van der Waals surface area (Å²) in [5.74, 6) is -0.600. The lowest BCUT2D eigenvalue weighted by Crippen LogP contribution is -2.36. The number of halogens is 1. The number of carbonyl (C=O) groups excluding carboxylic acids is 1. The van der Waals surface area contributed by atoms with Crippen molar-refractivity contribution < 1.29 is 13.9 Å². The van der Waals surface area contributed by atoms with E-state index in [1.54, 1.807) is 18.0 Å². The largest absolute Gasteiger partial charge is 0.494 e. The fourth-order valence-corrected chi connectivity index (χ4v) is 2.83. The standard InChI is InChI=1S/C18H20FN5O3/c1-4-23(9-12-5-6-15(27-3)14(19)7-12)16(25)10-24-11-20-17-13(18(24)26)8-21-22(17)2/h5-8,11H,4,9-10H2,1-3H3. The van der Waals surface area contributed by atoms with Crippen LogP contribution in [0.15, 0.2) is 35.5 Å². The molecule has 0 aliphatic rings. The number of amides is 1. The van der Waals surface area contributed by atoms with E-state index in [-0.39, 0.29) is 30.3 Å². The molecule has 0 radical (unpaired) electrons. The first-order valence-electron chi connectivity index (χ1n) is 8.42. The van der Waals surface area contributed by atoms with Crippen molar-refractivity contribution in [1.29, 1.82) is 0 Å². The van der Waals surface area contributed by atoms with Gasteiger partial charge in [0, 0.05) is 20.1 Å². The number of nitrogens with zero attached hydrogens (tertiary/aromatic N) is 5. The number of benzene rings is 1. The van der Waals surface area contributed by atoms with Crippen LogP contribution in [0, 0.1) is 5.82 Å². The van der Waals surface area contributed by atoms with Crippen LogP contribution in [0.2, 0.25) is 0 Å². The Kier molecular flexibility index (Phi) is 5.20. The molecule has 27 heavy (non-hydrogen) atoms. The van der Waals surface area contributed by atoms with E-state index in [9.17, 15) is 14.0 Å². The molecule has 142 valence electrons. The van der Waals surface area contributed by atoms with Crippen LogP contribution in [0.3, 0.4) is 0 Å². The smallest absolute Gasteiger partial charge is 0.264 e. The van der Waals surface area contributed by atoms with Gasteiger partial charge in [0.2, 0.25) is 5.91 Å². The van der Waals surface area contributed by atoms with E-state index < -0.39 is 5.82 Å². The molecule has 0 fully saturated rings. The highest BCUT2D eigenvalue weighted by Crippen LogP contribution is 2.18. The van der Waals surface area contributed by atoms with E-state index in [0.29, 0.717) is 23.1 Å². The number of aryl methyl sites for hydroxylation is 1. The van der Waals surface area contributed by atoms with Crippen LogP contribution < -0.4 is 10.3 Å². The van der Waals surface area contributed by atoms with E-state index in [1.807, 2.05) is 6.92 Å². The normalized spacial score (nSPS) is 11.0. The monoisotopic (exact) mass is 373 g/mol. The molecule has 1 aromatic carbocycles. The Morgan fingerprint density at radius 1 is 1.37 bits per heavy atom.